The summed E-state index contributed by atoms with van der Waals surface area (Å²) in [5.41, 5.74) is 0.836. The van der Waals surface area contributed by atoms with Gasteiger partial charge in [-0.2, -0.15) is 0 Å². The highest BCUT2D eigenvalue weighted by Gasteiger charge is 2.14. The lowest BCUT2D eigenvalue weighted by atomic mass is 10.2. The van der Waals surface area contributed by atoms with E-state index in [1.807, 2.05) is 12.1 Å². The number of hydrogen-bond donors (Lipinski definition) is 0. The smallest absolute Gasteiger partial charge is 0.138 e. The Morgan fingerprint density at radius 2 is 1.88 bits per heavy atom. The molecule has 1 saturated heterocycles. The van der Waals surface area contributed by atoms with Crippen LogP contribution in [0.15, 0.2) is 28.7 Å². The number of fused-ring (bicyclic) bond motifs is 1. The molecule has 88 valence electrons. The van der Waals surface area contributed by atoms with Gasteiger partial charge in [0.1, 0.15) is 11.6 Å². The first kappa shape index (κ1) is 11.0. The van der Waals surface area contributed by atoms with Crippen molar-refractivity contribution < 1.29 is 4.39 Å². The molecule has 2 nitrogen and oxygen atoms in total. The Morgan fingerprint density at radius 3 is 2.65 bits per heavy atom. The average Bonchev–Trinajstić information content (AvgIpc) is 2.87. The molecule has 0 saturated carbocycles. The maximum absolute atomic E-state index is 13.4. The molecule has 17 heavy (non-hydrogen) atoms. The molecule has 1 aromatic heterocycles. The van der Waals surface area contributed by atoms with Crippen LogP contribution in [0.4, 0.5) is 10.2 Å². The average molecular weight is 295 g/mol. The molecule has 1 fully saturated rings. The summed E-state index contributed by atoms with van der Waals surface area (Å²) < 4.78 is 13.9. The molecule has 0 unspecified atom stereocenters. The number of rotatable bonds is 1. The molecule has 3 rings (SSSR count). The van der Waals surface area contributed by atoms with E-state index in [0.717, 1.165) is 29.8 Å². The van der Waals surface area contributed by atoms with Gasteiger partial charge in [0.2, 0.25) is 0 Å². The van der Waals surface area contributed by atoms with E-state index in [9.17, 15) is 4.39 Å². The first-order valence-corrected chi connectivity index (χ1v) is 6.55. The van der Waals surface area contributed by atoms with Gasteiger partial charge in [0, 0.05) is 18.5 Å². The Balaban J connectivity index is 2.10. The van der Waals surface area contributed by atoms with Gasteiger partial charge in [-0.1, -0.05) is 0 Å². The van der Waals surface area contributed by atoms with Crippen LogP contribution in [0, 0.1) is 5.82 Å². The summed E-state index contributed by atoms with van der Waals surface area (Å²) in [6, 6.07) is 7.09. The van der Waals surface area contributed by atoms with Crippen molar-refractivity contribution in [1.82, 2.24) is 4.98 Å². The lowest BCUT2D eigenvalue weighted by Crippen LogP contribution is -2.18. The van der Waals surface area contributed by atoms with Crippen LogP contribution < -0.4 is 4.90 Å². The number of hydrogen-bond acceptors (Lipinski definition) is 2. The van der Waals surface area contributed by atoms with E-state index in [0.29, 0.717) is 4.47 Å². The van der Waals surface area contributed by atoms with Gasteiger partial charge >= 0.3 is 0 Å². The van der Waals surface area contributed by atoms with Crippen LogP contribution in [-0.4, -0.2) is 18.1 Å². The van der Waals surface area contributed by atoms with Crippen LogP contribution in [0.3, 0.4) is 0 Å². The Morgan fingerprint density at radius 1 is 1.12 bits per heavy atom. The Hall–Kier alpha value is -1.16. The summed E-state index contributed by atoms with van der Waals surface area (Å²) in [5, 5.41) is 0.827. The van der Waals surface area contributed by atoms with Crippen molar-refractivity contribution in [2.45, 2.75) is 12.8 Å². The molecule has 0 radical (unpaired) electrons. The minimum absolute atomic E-state index is 0.242. The largest absolute Gasteiger partial charge is 0.357 e. The lowest BCUT2D eigenvalue weighted by molar-refractivity contribution is 0.623. The molecule has 0 aliphatic carbocycles. The minimum atomic E-state index is -0.242. The molecule has 0 atom stereocenters. The van der Waals surface area contributed by atoms with Crippen molar-refractivity contribution >= 4 is 32.7 Å². The van der Waals surface area contributed by atoms with Crippen molar-refractivity contribution in [3.05, 3.63) is 34.6 Å². The van der Waals surface area contributed by atoms with E-state index in [1.54, 1.807) is 6.07 Å². The first-order chi connectivity index (χ1) is 8.25. The van der Waals surface area contributed by atoms with E-state index in [-0.39, 0.29) is 5.82 Å². The number of anilines is 1. The summed E-state index contributed by atoms with van der Waals surface area (Å²) in [6.45, 7) is 2.14. The fraction of sp³-hybridized carbons (Fsp3) is 0.308. The van der Waals surface area contributed by atoms with Gasteiger partial charge < -0.3 is 4.90 Å². The van der Waals surface area contributed by atoms with Crippen molar-refractivity contribution in [2.75, 3.05) is 18.0 Å². The van der Waals surface area contributed by atoms with E-state index < -0.39 is 0 Å². The highest BCUT2D eigenvalue weighted by molar-refractivity contribution is 9.10. The zero-order valence-corrected chi connectivity index (χ0v) is 10.9. The molecule has 4 heteroatoms. The summed E-state index contributed by atoms with van der Waals surface area (Å²) in [4.78, 5) is 6.86. The molecule has 0 spiro atoms. The topological polar surface area (TPSA) is 16.1 Å². The quantitative estimate of drug-likeness (QED) is 0.797. The Kier molecular flexibility index (Phi) is 2.74. The zero-order valence-electron chi connectivity index (χ0n) is 9.29. The van der Waals surface area contributed by atoms with Crippen molar-refractivity contribution in [3.63, 3.8) is 0 Å². The van der Waals surface area contributed by atoms with Gasteiger partial charge in [0.05, 0.1) is 9.99 Å². The van der Waals surface area contributed by atoms with Crippen LogP contribution in [0.25, 0.3) is 10.9 Å². The van der Waals surface area contributed by atoms with Crippen LogP contribution >= 0.6 is 15.9 Å². The monoisotopic (exact) mass is 294 g/mol. The summed E-state index contributed by atoms with van der Waals surface area (Å²) in [7, 11) is 0. The first-order valence-electron chi connectivity index (χ1n) is 5.75. The highest BCUT2D eigenvalue weighted by atomic mass is 79.9. The third-order valence-electron chi connectivity index (χ3n) is 3.17. The van der Waals surface area contributed by atoms with Crippen molar-refractivity contribution in [2.24, 2.45) is 0 Å². The highest BCUT2D eigenvalue weighted by Crippen LogP contribution is 2.28. The lowest BCUT2D eigenvalue weighted by Gasteiger charge is -2.16. The number of aromatic nitrogens is 1. The van der Waals surface area contributed by atoms with E-state index in [2.05, 4.69) is 25.8 Å². The number of pyridine rings is 1. The van der Waals surface area contributed by atoms with Gasteiger partial charge in [-0.05, 0) is 53.0 Å². The maximum atomic E-state index is 13.4. The Labute approximate surface area is 108 Å². The predicted octanol–water partition coefficient (Wildman–Crippen LogP) is 3.74. The molecule has 0 N–H and O–H groups in total. The zero-order chi connectivity index (χ0) is 11.8. The van der Waals surface area contributed by atoms with Gasteiger partial charge in [-0.15, -0.1) is 0 Å². The SMILES string of the molecule is Fc1ccc2nc(N3CCCC3)ccc2c1Br. The molecule has 1 aromatic carbocycles. The van der Waals surface area contributed by atoms with E-state index in [1.165, 1.54) is 18.9 Å². The number of nitrogens with zero attached hydrogens (tertiary/aromatic N) is 2. The van der Waals surface area contributed by atoms with Crippen molar-refractivity contribution in [1.29, 1.82) is 0 Å². The third-order valence-corrected chi connectivity index (χ3v) is 3.98. The summed E-state index contributed by atoms with van der Waals surface area (Å²) >= 11 is 3.26. The van der Waals surface area contributed by atoms with Crippen molar-refractivity contribution in [3.8, 4) is 0 Å². The molecule has 2 heterocycles. The second-order valence-electron chi connectivity index (χ2n) is 4.29. The fourth-order valence-corrected chi connectivity index (χ4v) is 2.72. The standard InChI is InChI=1S/C13H12BrFN2/c14-13-9-3-6-12(17-7-1-2-8-17)16-11(9)5-4-10(13)15/h3-6H,1-2,7-8H2. The van der Waals surface area contributed by atoms with Gasteiger partial charge in [0.25, 0.3) is 0 Å². The predicted molar refractivity (Wildman–Crippen MR) is 70.8 cm³/mol. The molecule has 1 aliphatic heterocycles. The summed E-state index contributed by atoms with van der Waals surface area (Å²) in [6.07, 6.45) is 2.46. The molecule has 1 aliphatic rings. The Bertz CT molecular complexity index is 565. The number of benzene rings is 1. The van der Waals surface area contributed by atoms with Crippen LogP contribution in [-0.2, 0) is 0 Å². The van der Waals surface area contributed by atoms with Gasteiger partial charge in [-0.25, -0.2) is 9.37 Å². The molecule has 0 bridgehead atoms. The molecule has 2 aromatic rings. The van der Waals surface area contributed by atoms with Crippen LogP contribution in [0.2, 0.25) is 0 Å². The minimum Gasteiger partial charge on any atom is -0.357 e. The molecule has 0 amide bonds. The second kappa shape index (κ2) is 4.26. The normalized spacial score (nSPS) is 15.8. The molecular formula is C13H12BrFN2. The number of halogens is 2. The molecular weight excluding hydrogens is 283 g/mol. The summed E-state index contributed by atoms with van der Waals surface area (Å²) in [5.74, 6) is 0.752. The van der Waals surface area contributed by atoms with E-state index >= 15 is 0 Å². The second-order valence-corrected chi connectivity index (χ2v) is 5.08. The van der Waals surface area contributed by atoms with Gasteiger partial charge in [0.15, 0.2) is 0 Å². The van der Waals surface area contributed by atoms with Gasteiger partial charge in [-0.3, -0.25) is 0 Å². The third kappa shape index (κ3) is 1.90. The fourth-order valence-electron chi connectivity index (χ4n) is 2.25. The van der Waals surface area contributed by atoms with E-state index in [4.69, 9.17) is 0 Å². The maximum Gasteiger partial charge on any atom is 0.138 e. The van der Waals surface area contributed by atoms with Crippen LogP contribution in [0.1, 0.15) is 12.8 Å². The van der Waals surface area contributed by atoms with Crippen LogP contribution in [0.5, 0.6) is 0 Å².